The summed E-state index contributed by atoms with van der Waals surface area (Å²) in [5.41, 5.74) is 0.319. The topological polar surface area (TPSA) is 103 Å². The maximum absolute atomic E-state index is 13.3. The fraction of sp³-hybridized carbons (Fsp3) is 0.346. The van der Waals surface area contributed by atoms with Crippen molar-refractivity contribution in [2.24, 2.45) is 0 Å². The number of pyridine rings is 1. The summed E-state index contributed by atoms with van der Waals surface area (Å²) in [6, 6.07) is 11.1. The average Bonchev–Trinajstić information content (AvgIpc) is 3.11. The molecule has 1 amide bonds. The Morgan fingerprint density at radius 2 is 1.91 bits per heavy atom. The lowest BCUT2D eigenvalue weighted by molar-refractivity contribution is -0.122. The number of hydrogen-bond donors (Lipinski definition) is 1. The van der Waals surface area contributed by atoms with E-state index < -0.39 is 17.2 Å². The third kappa shape index (κ3) is 4.95. The maximum atomic E-state index is 13.3. The second-order valence-corrected chi connectivity index (χ2v) is 10.4. The Balaban J connectivity index is 1.58. The number of nitrogens with zero attached hydrogens (tertiary/aromatic N) is 3. The Morgan fingerprint density at radius 3 is 2.57 bits per heavy atom. The lowest BCUT2D eigenvalue weighted by Gasteiger charge is -2.26. The van der Waals surface area contributed by atoms with Crippen molar-refractivity contribution in [2.75, 3.05) is 6.54 Å². The highest BCUT2D eigenvalue weighted by Crippen LogP contribution is 2.35. The summed E-state index contributed by atoms with van der Waals surface area (Å²) in [7, 11) is 0. The molecule has 35 heavy (non-hydrogen) atoms. The summed E-state index contributed by atoms with van der Waals surface area (Å²) in [5, 5.41) is 20.6. The van der Waals surface area contributed by atoms with Gasteiger partial charge >= 0.3 is 0 Å². The number of thioether (sulfide) groups is 1. The molecule has 1 aromatic heterocycles. The predicted octanol–water partition coefficient (Wildman–Crippen LogP) is 4.71. The van der Waals surface area contributed by atoms with Crippen molar-refractivity contribution in [3.8, 4) is 11.9 Å². The van der Waals surface area contributed by atoms with E-state index in [1.165, 1.54) is 28.2 Å². The van der Waals surface area contributed by atoms with E-state index in [2.05, 4.69) is 0 Å². The number of aromatic nitrogens is 1. The van der Waals surface area contributed by atoms with E-state index in [1.807, 2.05) is 36.4 Å². The van der Waals surface area contributed by atoms with E-state index in [4.69, 9.17) is 12.2 Å². The number of Topliss-reactive ketones (excluding diaryl/α,β-unsaturated/α-hetero) is 1. The first-order chi connectivity index (χ1) is 16.8. The first kappa shape index (κ1) is 24.9. The lowest BCUT2D eigenvalue weighted by Crippen LogP contribution is -2.32. The van der Waals surface area contributed by atoms with Gasteiger partial charge in [0, 0.05) is 19.0 Å². The van der Waals surface area contributed by atoms with Crippen molar-refractivity contribution in [1.29, 1.82) is 5.26 Å². The van der Waals surface area contributed by atoms with E-state index in [1.54, 1.807) is 6.08 Å². The van der Waals surface area contributed by atoms with Crippen LogP contribution in [-0.4, -0.2) is 37.1 Å². The Morgan fingerprint density at radius 1 is 1.23 bits per heavy atom. The highest BCUT2D eigenvalue weighted by molar-refractivity contribution is 8.26. The van der Waals surface area contributed by atoms with E-state index in [-0.39, 0.29) is 41.6 Å². The quantitative estimate of drug-likeness (QED) is 0.343. The Kier molecular flexibility index (Phi) is 7.53. The molecule has 1 saturated carbocycles. The molecule has 180 valence electrons. The first-order valence-corrected chi connectivity index (χ1v) is 12.8. The number of rotatable bonds is 6. The van der Waals surface area contributed by atoms with Gasteiger partial charge in [-0.1, -0.05) is 73.6 Å². The minimum Gasteiger partial charge on any atom is -0.494 e. The van der Waals surface area contributed by atoms with Gasteiger partial charge < -0.3 is 5.11 Å². The number of ketones is 1. The number of carbonyl (C=O) groups excluding carboxylic acids is 2. The summed E-state index contributed by atoms with van der Waals surface area (Å²) in [6.07, 6.45) is 5.96. The van der Waals surface area contributed by atoms with Crippen molar-refractivity contribution in [3.63, 3.8) is 0 Å². The largest absolute Gasteiger partial charge is 0.494 e. The molecule has 2 fully saturated rings. The van der Waals surface area contributed by atoms with Crippen molar-refractivity contribution < 1.29 is 14.7 Å². The molecule has 9 heteroatoms. The van der Waals surface area contributed by atoms with Crippen LogP contribution >= 0.6 is 24.0 Å². The molecule has 2 aliphatic rings. The zero-order valence-corrected chi connectivity index (χ0v) is 21.0. The van der Waals surface area contributed by atoms with Crippen LogP contribution in [0, 0.1) is 18.3 Å². The van der Waals surface area contributed by atoms with Gasteiger partial charge in [0.05, 0.1) is 10.5 Å². The van der Waals surface area contributed by atoms with Gasteiger partial charge in [-0.25, -0.2) is 0 Å². The van der Waals surface area contributed by atoms with Crippen LogP contribution in [0.5, 0.6) is 5.88 Å². The molecule has 2 heterocycles. The lowest BCUT2D eigenvalue weighted by atomic mass is 9.93. The molecule has 1 saturated heterocycles. The van der Waals surface area contributed by atoms with Crippen molar-refractivity contribution in [2.45, 2.75) is 51.5 Å². The van der Waals surface area contributed by atoms with E-state index >= 15 is 0 Å². The van der Waals surface area contributed by atoms with Gasteiger partial charge in [-0.05, 0) is 37.0 Å². The summed E-state index contributed by atoms with van der Waals surface area (Å²) >= 11 is 6.55. The number of hydrogen-bond acceptors (Lipinski definition) is 7. The number of nitriles is 1. The van der Waals surface area contributed by atoms with Crippen LogP contribution in [0.4, 0.5) is 0 Å². The molecule has 1 N–H and O–H groups in total. The first-order valence-electron chi connectivity index (χ1n) is 11.5. The summed E-state index contributed by atoms with van der Waals surface area (Å²) < 4.78 is 1.58. The van der Waals surface area contributed by atoms with Gasteiger partial charge in [0.1, 0.15) is 16.0 Å². The summed E-state index contributed by atoms with van der Waals surface area (Å²) in [4.78, 5) is 41.0. The molecular formula is C26H25N3O4S2. The zero-order valence-electron chi connectivity index (χ0n) is 19.3. The number of thiocarbonyl (C=S) groups is 1. The second-order valence-electron chi connectivity index (χ2n) is 8.69. The van der Waals surface area contributed by atoms with Crippen molar-refractivity contribution in [3.05, 3.63) is 67.8 Å². The van der Waals surface area contributed by atoms with Crippen LogP contribution in [0.25, 0.3) is 6.08 Å². The predicted molar refractivity (Wildman–Crippen MR) is 139 cm³/mol. The molecule has 0 atom stereocenters. The number of amides is 1. The minimum absolute atomic E-state index is 0.0306. The average molecular weight is 508 g/mol. The highest BCUT2D eigenvalue weighted by atomic mass is 32.2. The van der Waals surface area contributed by atoms with Crippen LogP contribution in [0.3, 0.4) is 0 Å². The fourth-order valence-corrected chi connectivity index (χ4v) is 5.97. The third-order valence-electron chi connectivity index (χ3n) is 6.50. The van der Waals surface area contributed by atoms with Crippen LogP contribution < -0.4 is 5.56 Å². The third-order valence-corrected chi connectivity index (χ3v) is 7.88. The molecule has 1 aliphatic carbocycles. The SMILES string of the molecule is Cc1c(C(=O)CCN2C(=O)/C(=C/c3ccccc3)SC2=S)c(O)n(C2CCCCC2)c(=O)c1C#N. The standard InChI is InChI=1S/C26H25N3O4S2/c1-16-19(15-27)23(31)29(18-10-6-3-7-11-18)25(33)22(16)20(30)12-13-28-24(32)21(35-26(28)34)14-17-8-4-2-5-9-17/h2,4-5,8-9,14,18,33H,3,6-7,10-13H2,1H3/b21-14-. The molecule has 0 unspecified atom stereocenters. The molecule has 4 rings (SSSR count). The highest BCUT2D eigenvalue weighted by Gasteiger charge is 2.33. The smallest absolute Gasteiger partial charge is 0.271 e. The normalized spacial score (nSPS) is 17.7. The molecule has 2 aromatic rings. The molecular weight excluding hydrogens is 482 g/mol. The van der Waals surface area contributed by atoms with Crippen LogP contribution in [0.1, 0.15) is 71.6 Å². The number of aromatic hydroxyl groups is 1. The van der Waals surface area contributed by atoms with E-state index in [0.29, 0.717) is 22.1 Å². The van der Waals surface area contributed by atoms with Gasteiger partial charge in [0.15, 0.2) is 5.78 Å². The van der Waals surface area contributed by atoms with E-state index in [0.717, 1.165) is 24.8 Å². The van der Waals surface area contributed by atoms with Crippen LogP contribution in [0.2, 0.25) is 0 Å². The monoisotopic (exact) mass is 507 g/mol. The molecule has 0 spiro atoms. The number of carbonyl (C=O) groups is 2. The van der Waals surface area contributed by atoms with E-state index in [9.17, 15) is 24.8 Å². The summed E-state index contributed by atoms with van der Waals surface area (Å²) in [6.45, 7) is 1.54. The van der Waals surface area contributed by atoms with Gasteiger partial charge in [-0.3, -0.25) is 23.9 Å². The fourth-order valence-electron chi connectivity index (χ4n) is 4.67. The maximum Gasteiger partial charge on any atom is 0.271 e. The molecule has 1 aromatic carbocycles. The van der Waals surface area contributed by atoms with Crippen LogP contribution in [-0.2, 0) is 4.79 Å². The van der Waals surface area contributed by atoms with Gasteiger partial charge in [-0.15, -0.1) is 0 Å². The number of benzene rings is 1. The Bertz CT molecular complexity index is 1320. The second kappa shape index (κ2) is 10.6. The molecule has 1 aliphatic heterocycles. The molecule has 0 bridgehead atoms. The Hall–Kier alpha value is -3.22. The van der Waals surface area contributed by atoms with Crippen molar-refractivity contribution >= 4 is 46.1 Å². The van der Waals surface area contributed by atoms with Crippen molar-refractivity contribution in [1.82, 2.24) is 9.47 Å². The minimum atomic E-state index is -0.561. The van der Waals surface area contributed by atoms with Gasteiger partial charge in [-0.2, -0.15) is 5.26 Å². The van der Waals surface area contributed by atoms with Gasteiger partial charge in [0.2, 0.25) is 5.88 Å². The Labute approximate surface area is 213 Å². The van der Waals surface area contributed by atoms with Crippen LogP contribution in [0.15, 0.2) is 40.0 Å². The molecule has 7 nitrogen and oxygen atoms in total. The zero-order chi connectivity index (χ0) is 25.1. The molecule has 0 radical (unpaired) electrons. The summed E-state index contributed by atoms with van der Waals surface area (Å²) in [5.74, 6) is -1.11. The van der Waals surface area contributed by atoms with Gasteiger partial charge in [0.25, 0.3) is 11.5 Å².